The Morgan fingerprint density at radius 3 is 2.77 bits per heavy atom. The van der Waals surface area contributed by atoms with Crippen molar-refractivity contribution in [2.75, 3.05) is 6.61 Å². The molecule has 0 spiro atoms. The number of benzene rings is 2. The topological polar surface area (TPSA) is 90.4 Å². The molecule has 1 atom stereocenters. The standard InChI is InChI=1S/C24H25N3O4/c1-4-29-19-7-5-6-18-14-20(30-23(18)19)16(3)25-21(28)12-13-22-26-24(27-31-22)17-10-8-15(2)9-11-17/h5-11,14,16H,4,12-13H2,1-3H3,(H,25,28). The van der Waals surface area contributed by atoms with Gasteiger partial charge < -0.3 is 19.0 Å². The predicted octanol–water partition coefficient (Wildman–Crippen LogP) is 5.00. The smallest absolute Gasteiger partial charge is 0.227 e. The van der Waals surface area contributed by atoms with Gasteiger partial charge in [-0.25, -0.2) is 0 Å². The maximum atomic E-state index is 12.4. The summed E-state index contributed by atoms with van der Waals surface area (Å²) in [7, 11) is 0. The van der Waals surface area contributed by atoms with Gasteiger partial charge in [0.2, 0.25) is 17.6 Å². The Labute approximate surface area is 180 Å². The fraction of sp³-hybridized carbons (Fsp3) is 0.292. The first-order valence-electron chi connectivity index (χ1n) is 10.4. The molecule has 31 heavy (non-hydrogen) atoms. The Kier molecular flexibility index (Phi) is 6.02. The third-order valence-corrected chi connectivity index (χ3v) is 4.97. The molecule has 0 aliphatic rings. The molecule has 1 unspecified atom stereocenters. The van der Waals surface area contributed by atoms with E-state index in [1.807, 2.05) is 69.3 Å². The molecule has 1 N–H and O–H groups in total. The maximum Gasteiger partial charge on any atom is 0.227 e. The van der Waals surface area contributed by atoms with E-state index in [0.29, 0.717) is 41.8 Å². The Bertz CT molecular complexity index is 1180. The van der Waals surface area contributed by atoms with Crippen molar-refractivity contribution in [3.05, 3.63) is 65.7 Å². The summed E-state index contributed by atoms with van der Waals surface area (Å²) >= 11 is 0. The van der Waals surface area contributed by atoms with Gasteiger partial charge in [0.05, 0.1) is 12.6 Å². The summed E-state index contributed by atoms with van der Waals surface area (Å²) in [5.41, 5.74) is 2.74. The molecule has 2 heterocycles. The number of aryl methyl sites for hydroxylation is 2. The molecule has 4 rings (SSSR count). The molecule has 0 radical (unpaired) electrons. The van der Waals surface area contributed by atoms with E-state index in [1.54, 1.807) is 0 Å². The van der Waals surface area contributed by atoms with Crippen LogP contribution in [-0.2, 0) is 11.2 Å². The van der Waals surface area contributed by atoms with E-state index in [4.69, 9.17) is 13.7 Å². The molecule has 160 valence electrons. The van der Waals surface area contributed by atoms with Gasteiger partial charge >= 0.3 is 0 Å². The molecular weight excluding hydrogens is 394 g/mol. The number of furan rings is 1. The average molecular weight is 419 g/mol. The van der Waals surface area contributed by atoms with Crippen LogP contribution in [0, 0.1) is 6.92 Å². The van der Waals surface area contributed by atoms with Gasteiger partial charge in [0.1, 0.15) is 5.76 Å². The largest absolute Gasteiger partial charge is 0.490 e. The van der Waals surface area contributed by atoms with Crippen LogP contribution in [0.15, 0.2) is 57.5 Å². The first-order valence-corrected chi connectivity index (χ1v) is 10.4. The molecule has 2 aromatic heterocycles. The SMILES string of the molecule is CCOc1cccc2cc(C(C)NC(=O)CCc3nc(-c4ccc(C)cc4)no3)oc12. The molecule has 7 heteroatoms. The zero-order valence-corrected chi connectivity index (χ0v) is 17.8. The highest BCUT2D eigenvalue weighted by atomic mass is 16.5. The Morgan fingerprint density at radius 2 is 2.00 bits per heavy atom. The average Bonchev–Trinajstić information content (AvgIpc) is 3.41. The zero-order valence-electron chi connectivity index (χ0n) is 17.8. The highest BCUT2D eigenvalue weighted by Gasteiger charge is 2.17. The lowest BCUT2D eigenvalue weighted by atomic mass is 10.1. The summed E-state index contributed by atoms with van der Waals surface area (Å²) in [4.78, 5) is 16.8. The van der Waals surface area contributed by atoms with E-state index in [-0.39, 0.29) is 18.4 Å². The second-order valence-electron chi connectivity index (χ2n) is 7.42. The number of carbonyl (C=O) groups excluding carboxylic acids is 1. The fourth-order valence-electron chi connectivity index (χ4n) is 3.32. The molecule has 0 saturated heterocycles. The van der Waals surface area contributed by atoms with E-state index >= 15 is 0 Å². The lowest BCUT2D eigenvalue weighted by Crippen LogP contribution is -2.26. The monoisotopic (exact) mass is 419 g/mol. The van der Waals surface area contributed by atoms with Crippen molar-refractivity contribution < 1.29 is 18.5 Å². The molecule has 0 saturated carbocycles. The third-order valence-electron chi connectivity index (χ3n) is 4.97. The van der Waals surface area contributed by atoms with Crippen LogP contribution in [0.5, 0.6) is 5.75 Å². The second-order valence-corrected chi connectivity index (χ2v) is 7.42. The summed E-state index contributed by atoms with van der Waals surface area (Å²) in [6.45, 7) is 6.40. The number of para-hydroxylation sites is 1. The summed E-state index contributed by atoms with van der Waals surface area (Å²) in [5, 5.41) is 7.91. The molecule has 0 fully saturated rings. The number of ether oxygens (including phenoxy) is 1. The maximum absolute atomic E-state index is 12.4. The van der Waals surface area contributed by atoms with Gasteiger partial charge in [0.25, 0.3) is 0 Å². The van der Waals surface area contributed by atoms with Crippen LogP contribution in [0.3, 0.4) is 0 Å². The molecular formula is C24H25N3O4. The van der Waals surface area contributed by atoms with Gasteiger partial charge in [-0.05, 0) is 32.9 Å². The van der Waals surface area contributed by atoms with Crippen molar-refractivity contribution in [2.24, 2.45) is 0 Å². The number of amides is 1. The lowest BCUT2D eigenvalue weighted by molar-refractivity contribution is -0.121. The quantitative estimate of drug-likeness (QED) is 0.432. The summed E-state index contributed by atoms with van der Waals surface area (Å²) in [6.07, 6.45) is 0.607. The number of nitrogens with one attached hydrogen (secondary N) is 1. The van der Waals surface area contributed by atoms with E-state index in [2.05, 4.69) is 15.5 Å². The number of fused-ring (bicyclic) bond motifs is 1. The number of carbonyl (C=O) groups is 1. The molecule has 1 amide bonds. The van der Waals surface area contributed by atoms with E-state index < -0.39 is 0 Å². The minimum absolute atomic E-state index is 0.118. The van der Waals surface area contributed by atoms with Gasteiger partial charge in [0.15, 0.2) is 11.3 Å². The number of nitrogens with zero attached hydrogens (tertiary/aromatic N) is 2. The number of hydrogen-bond acceptors (Lipinski definition) is 6. The van der Waals surface area contributed by atoms with Gasteiger partial charge in [-0.1, -0.05) is 47.1 Å². The summed E-state index contributed by atoms with van der Waals surface area (Å²) < 4.78 is 16.9. The van der Waals surface area contributed by atoms with Crippen molar-refractivity contribution in [3.8, 4) is 17.1 Å². The summed E-state index contributed by atoms with van der Waals surface area (Å²) in [5.74, 6) is 2.22. The molecule has 7 nitrogen and oxygen atoms in total. The molecule has 0 aliphatic heterocycles. The second kappa shape index (κ2) is 9.04. The van der Waals surface area contributed by atoms with Gasteiger partial charge in [0, 0.05) is 23.8 Å². The van der Waals surface area contributed by atoms with Crippen LogP contribution in [0.2, 0.25) is 0 Å². The highest BCUT2D eigenvalue weighted by molar-refractivity contribution is 5.84. The highest BCUT2D eigenvalue weighted by Crippen LogP contribution is 2.31. The van der Waals surface area contributed by atoms with E-state index in [0.717, 1.165) is 16.5 Å². The third kappa shape index (κ3) is 4.77. The van der Waals surface area contributed by atoms with Gasteiger partial charge in [-0.3, -0.25) is 4.79 Å². The normalized spacial score (nSPS) is 12.1. The van der Waals surface area contributed by atoms with Gasteiger partial charge in [-0.15, -0.1) is 0 Å². The molecule has 2 aromatic carbocycles. The van der Waals surface area contributed by atoms with Crippen molar-refractivity contribution >= 4 is 16.9 Å². The number of aromatic nitrogens is 2. The Morgan fingerprint density at radius 1 is 1.19 bits per heavy atom. The first-order chi connectivity index (χ1) is 15.0. The first kappa shape index (κ1) is 20.7. The minimum Gasteiger partial charge on any atom is -0.490 e. The Hall–Kier alpha value is -3.61. The summed E-state index contributed by atoms with van der Waals surface area (Å²) in [6, 6.07) is 15.3. The van der Waals surface area contributed by atoms with E-state index in [1.165, 1.54) is 0 Å². The zero-order chi connectivity index (χ0) is 21.8. The van der Waals surface area contributed by atoms with Crippen molar-refractivity contribution in [2.45, 2.75) is 39.7 Å². The van der Waals surface area contributed by atoms with Crippen LogP contribution in [0.4, 0.5) is 0 Å². The minimum atomic E-state index is -0.278. The van der Waals surface area contributed by atoms with Crippen molar-refractivity contribution in [1.29, 1.82) is 0 Å². The molecule has 0 aliphatic carbocycles. The van der Waals surface area contributed by atoms with Crippen molar-refractivity contribution in [3.63, 3.8) is 0 Å². The molecule has 0 bridgehead atoms. The lowest BCUT2D eigenvalue weighted by Gasteiger charge is -2.10. The van der Waals surface area contributed by atoms with Crippen molar-refractivity contribution in [1.82, 2.24) is 15.5 Å². The predicted molar refractivity (Wildman–Crippen MR) is 117 cm³/mol. The van der Waals surface area contributed by atoms with Crippen LogP contribution in [0.25, 0.3) is 22.4 Å². The number of rotatable bonds is 8. The van der Waals surface area contributed by atoms with E-state index in [9.17, 15) is 4.79 Å². The van der Waals surface area contributed by atoms with Crippen LogP contribution < -0.4 is 10.1 Å². The Balaban J connectivity index is 1.35. The van der Waals surface area contributed by atoms with Crippen LogP contribution >= 0.6 is 0 Å². The van der Waals surface area contributed by atoms with Crippen LogP contribution in [0.1, 0.15) is 43.5 Å². The van der Waals surface area contributed by atoms with Gasteiger partial charge in [-0.2, -0.15) is 4.98 Å². The van der Waals surface area contributed by atoms with Crippen LogP contribution in [-0.4, -0.2) is 22.7 Å². The fourth-order valence-corrected chi connectivity index (χ4v) is 3.32. The number of hydrogen-bond donors (Lipinski definition) is 1. The molecule has 4 aromatic rings.